The molecule has 0 aromatic heterocycles. The predicted octanol–water partition coefficient (Wildman–Crippen LogP) is 2.18. The van der Waals surface area contributed by atoms with Crippen LogP contribution in [0.15, 0.2) is 18.2 Å². The second-order valence-electron chi connectivity index (χ2n) is 4.46. The summed E-state index contributed by atoms with van der Waals surface area (Å²) in [4.78, 5) is 11.6. The van der Waals surface area contributed by atoms with Crippen LogP contribution in [-0.4, -0.2) is 19.6 Å². The maximum Gasteiger partial charge on any atom is 0.338 e. The van der Waals surface area contributed by atoms with Gasteiger partial charge in [-0.25, -0.2) is 4.79 Å². The summed E-state index contributed by atoms with van der Waals surface area (Å²) in [6.07, 6.45) is 0. The first-order chi connectivity index (χ1) is 7.06. The molecule has 1 aromatic rings. The van der Waals surface area contributed by atoms with Gasteiger partial charge in [0.2, 0.25) is 0 Å². The topological polar surface area (TPSA) is 38.3 Å². The van der Waals surface area contributed by atoms with Crippen molar-refractivity contribution in [3.8, 4) is 0 Å². The summed E-state index contributed by atoms with van der Waals surface area (Å²) in [6.45, 7) is 5.10. The molecular formula is C12H15NO2. The fourth-order valence-corrected chi connectivity index (χ4v) is 2.11. The molecule has 0 saturated carbocycles. The lowest BCUT2D eigenvalue weighted by Crippen LogP contribution is -2.22. The number of hydrogen-bond acceptors (Lipinski definition) is 3. The van der Waals surface area contributed by atoms with E-state index in [0.717, 1.165) is 17.8 Å². The molecule has 0 fully saturated rings. The lowest BCUT2D eigenvalue weighted by molar-refractivity contribution is 0.0598. The van der Waals surface area contributed by atoms with E-state index in [2.05, 4.69) is 19.2 Å². The molecule has 15 heavy (non-hydrogen) atoms. The van der Waals surface area contributed by atoms with Crippen molar-refractivity contribution in [2.75, 3.05) is 19.0 Å². The highest BCUT2D eigenvalue weighted by Gasteiger charge is 2.33. The van der Waals surface area contributed by atoms with E-state index < -0.39 is 0 Å². The van der Waals surface area contributed by atoms with Crippen LogP contribution in [-0.2, 0) is 10.2 Å². The van der Waals surface area contributed by atoms with E-state index in [4.69, 9.17) is 4.74 Å². The van der Waals surface area contributed by atoms with Gasteiger partial charge in [0.1, 0.15) is 0 Å². The van der Waals surface area contributed by atoms with E-state index in [1.54, 1.807) is 0 Å². The number of ether oxygens (including phenoxy) is 1. The first kappa shape index (κ1) is 10.0. The number of anilines is 1. The maximum atomic E-state index is 11.6. The van der Waals surface area contributed by atoms with Crippen molar-refractivity contribution in [2.45, 2.75) is 19.3 Å². The number of rotatable bonds is 1. The minimum Gasteiger partial charge on any atom is -0.465 e. The largest absolute Gasteiger partial charge is 0.465 e. The zero-order valence-electron chi connectivity index (χ0n) is 9.26. The summed E-state index contributed by atoms with van der Waals surface area (Å²) in [7, 11) is 1.41. The molecule has 2 rings (SSSR count). The predicted molar refractivity (Wildman–Crippen MR) is 59.3 cm³/mol. The molecule has 0 bridgehead atoms. The summed E-state index contributed by atoms with van der Waals surface area (Å²) in [6, 6.07) is 5.69. The van der Waals surface area contributed by atoms with Gasteiger partial charge in [0, 0.05) is 17.6 Å². The average molecular weight is 205 g/mol. The van der Waals surface area contributed by atoms with Gasteiger partial charge in [-0.2, -0.15) is 0 Å². The van der Waals surface area contributed by atoms with E-state index >= 15 is 0 Å². The smallest absolute Gasteiger partial charge is 0.338 e. The lowest BCUT2D eigenvalue weighted by Gasteiger charge is -2.19. The highest BCUT2D eigenvalue weighted by molar-refractivity contribution is 5.94. The molecule has 0 unspecified atom stereocenters. The van der Waals surface area contributed by atoms with E-state index in [-0.39, 0.29) is 11.4 Å². The third-order valence-corrected chi connectivity index (χ3v) is 2.87. The van der Waals surface area contributed by atoms with Crippen molar-refractivity contribution in [3.05, 3.63) is 29.3 Å². The average Bonchev–Trinajstić information content (AvgIpc) is 2.54. The normalized spacial score (nSPS) is 16.7. The van der Waals surface area contributed by atoms with Gasteiger partial charge in [0.05, 0.1) is 12.7 Å². The number of methoxy groups -OCH3 is 1. The standard InChI is InChI=1S/C12H15NO2/c1-12(2)7-13-9-6-4-5-8(10(9)12)11(14)15-3/h4-6,13H,7H2,1-3H3. The Kier molecular flexibility index (Phi) is 2.18. The van der Waals surface area contributed by atoms with Gasteiger partial charge >= 0.3 is 5.97 Å². The number of fused-ring (bicyclic) bond motifs is 1. The quantitative estimate of drug-likeness (QED) is 0.714. The summed E-state index contributed by atoms with van der Waals surface area (Å²) in [5.41, 5.74) is 2.77. The molecule has 0 spiro atoms. The van der Waals surface area contributed by atoms with E-state index in [9.17, 15) is 4.79 Å². The molecule has 0 saturated heterocycles. The van der Waals surface area contributed by atoms with Gasteiger partial charge < -0.3 is 10.1 Å². The Labute approximate surface area is 89.4 Å². The van der Waals surface area contributed by atoms with Crippen molar-refractivity contribution < 1.29 is 9.53 Å². The zero-order valence-corrected chi connectivity index (χ0v) is 9.26. The summed E-state index contributed by atoms with van der Waals surface area (Å²) in [5, 5.41) is 3.30. The van der Waals surface area contributed by atoms with Gasteiger partial charge in [-0.15, -0.1) is 0 Å². The highest BCUT2D eigenvalue weighted by Crippen LogP contribution is 2.38. The number of nitrogens with one attached hydrogen (secondary N) is 1. The van der Waals surface area contributed by atoms with Crippen molar-refractivity contribution in [2.24, 2.45) is 0 Å². The highest BCUT2D eigenvalue weighted by atomic mass is 16.5. The van der Waals surface area contributed by atoms with Crippen LogP contribution in [0.3, 0.4) is 0 Å². The third kappa shape index (κ3) is 1.48. The number of carbonyl (C=O) groups is 1. The minimum absolute atomic E-state index is 0.0138. The Hall–Kier alpha value is -1.51. The SMILES string of the molecule is COC(=O)c1cccc2c1C(C)(C)CN2. The Morgan fingerprint density at radius 2 is 2.20 bits per heavy atom. The monoisotopic (exact) mass is 205 g/mol. The van der Waals surface area contributed by atoms with Crippen LogP contribution in [0.25, 0.3) is 0 Å². The first-order valence-corrected chi connectivity index (χ1v) is 5.02. The van der Waals surface area contributed by atoms with Crippen molar-refractivity contribution >= 4 is 11.7 Å². The Bertz CT molecular complexity index is 410. The fourth-order valence-electron chi connectivity index (χ4n) is 2.11. The summed E-state index contributed by atoms with van der Waals surface area (Å²) < 4.78 is 4.79. The first-order valence-electron chi connectivity index (χ1n) is 5.02. The Morgan fingerprint density at radius 1 is 1.47 bits per heavy atom. The third-order valence-electron chi connectivity index (χ3n) is 2.87. The minimum atomic E-state index is -0.261. The molecule has 1 aliphatic heterocycles. The van der Waals surface area contributed by atoms with Crippen LogP contribution in [0.2, 0.25) is 0 Å². The Balaban J connectivity index is 2.59. The Morgan fingerprint density at radius 3 is 2.87 bits per heavy atom. The molecule has 0 radical (unpaired) electrons. The lowest BCUT2D eigenvalue weighted by atomic mass is 9.84. The summed E-state index contributed by atoms with van der Waals surface area (Å²) in [5.74, 6) is -0.261. The molecule has 1 N–H and O–H groups in total. The number of esters is 1. The molecule has 1 aliphatic rings. The van der Waals surface area contributed by atoms with Crippen molar-refractivity contribution in [1.29, 1.82) is 0 Å². The van der Waals surface area contributed by atoms with Crippen molar-refractivity contribution in [3.63, 3.8) is 0 Å². The van der Waals surface area contributed by atoms with Crippen LogP contribution >= 0.6 is 0 Å². The van der Waals surface area contributed by atoms with Crippen LogP contribution in [0.1, 0.15) is 29.8 Å². The van der Waals surface area contributed by atoms with Gasteiger partial charge in [0.25, 0.3) is 0 Å². The molecule has 0 aliphatic carbocycles. The van der Waals surface area contributed by atoms with Gasteiger partial charge in [-0.3, -0.25) is 0 Å². The molecule has 1 aromatic carbocycles. The van der Waals surface area contributed by atoms with E-state index in [1.165, 1.54) is 7.11 Å². The van der Waals surface area contributed by atoms with Crippen molar-refractivity contribution in [1.82, 2.24) is 0 Å². The second kappa shape index (κ2) is 3.26. The molecular weight excluding hydrogens is 190 g/mol. The zero-order chi connectivity index (χ0) is 11.1. The van der Waals surface area contributed by atoms with Gasteiger partial charge in [-0.1, -0.05) is 19.9 Å². The van der Waals surface area contributed by atoms with Gasteiger partial charge in [0.15, 0.2) is 0 Å². The second-order valence-corrected chi connectivity index (χ2v) is 4.46. The molecule has 3 nitrogen and oxygen atoms in total. The van der Waals surface area contributed by atoms with Gasteiger partial charge in [-0.05, 0) is 17.7 Å². The maximum absolute atomic E-state index is 11.6. The molecule has 1 heterocycles. The summed E-state index contributed by atoms with van der Waals surface area (Å²) >= 11 is 0. The molecule has 3 heteroatoms. The number of carbonyl (C=O) groups excluding carboxylic acids is 1. The van der Waals surface area contributed by atoms with Crippen LogP contribution in [0, 0.1) is 0 Å². The molecule has 80 valence electrons. The number of hydrogen-bond donors (Lipinski definition) is 1. The van der Waals surface area contributed by atoms with E-state index in [0.29, 0.717) is 5.56 Å². The van der Waals surface area contributed by atoms with Crippen LogP contribution in [0.4, 0.5) is 5.69 Å². The fraction of sp³-hybridized carbons (Fsp3) is 0.417. The van der Waals surface area contributed by atoms with Crippen LogP contribution in [0.5, 0.6) is 0 Å². The molecule has 0 atom stereocenters. The van der Waals surface area contributed by atoms with E-state index in [1.807, 2.05) is 18.2 Å². The molecule has 0 amide bonds. The van der Waals surface area contributed by atoms with Crippen LogP contribution < -0.4 is 5.32 Å². The number of benzene rings is 1.